The number of amides is 1. The number of fused-ring (bicyclic) bond motifs is 1. The van der Waals surface area contributed by atoms with Gasteiger partial charge in [-0.25, -0.2) is 0 Å². The molecule has 1 heterocycles. The van der Waals surface area contributed by atoms with Gasteiger partial charge < -0.3 is 10.6 Å². The van der Waals surface area contributed by atoms with Gasteiger partial charge in [-0.2, -0.15) is 0 Å². The number of nitrogens with two attached hydrogens (primary N) is 1. The van der Waals surface area contributed by atoms with Crippen LogP contribution in [-0.2, 0) is 4.79 Å². The van der Waals surface area contributed by atoms with Gasteiger partial charge in [0.25, 0.3) is 0 Å². The lowest BCUT2D eigenvalue weighted by molar-refractivity contribution is -0.117. The Morgan fingerprint density at radius 3 is 2.93 bits per heavy atom. The van der Waals surface area contributed by atoms with Crippen molar-refractivity contribution in [2.24, 2.45) is 0 Å². The maximum Gasteiger partial charge on any atom is 0.239 e. The molecule has 0 aromatic heterocycles. The summed E-state index contributed by atoms with van der Waals surface area (Å²) in [5, 5.41) is -0.0192. The summed E-state index contributed by atoms with van der Waals surface area (Å²) < 4.78 is 0. The van der Waals surface area contributed by atoms with Crippen molar-refractivity contribution in [2.75, 3.05) is 17.7 Å². The predicted octanol–water partition coefficient (Wildman–Crippen LogP) is 1.73. The molecule has 0 aliphatic carbocycles. The molecule has 1 aliphatic heterocycles. The molecule has 0 spiro atoms. The lowest BCUT2D eigenvalue weighted by Gasteiger charge is -2.29. The third kappa shape index (κ3) is 1.35. The number of anilines is 2. The topological polar surface area (TPSA) is 46.3 Å². The molecular formula is C10H12N2OS. The molecule has 1 unspecified atom stereocenters. The van der Waals surface area contributed by atoms with E-state index in [-0.39, 0.29) is 11.2 Å². The van der Waals surface area contributed by atoms with E-state index in [0.29, 0.717) is 0 Å². The van der Waals surface area contributed by atoms with Gasteiger partial charge in [0.15, 0.2) is 0 Å². The molecule has 74 valence electrons. The summed E-state index contributed by atoms with van der Waals surface area (Å²) in [7, 11) is 1.80. The van der Waals surface area contributed by atoms with Gasteiger partial charge in [0.2, 0.25) is 5.91 Å². The zero-order chi connectivity index (χ0) is 10.3. The van der Waals surface area contributed by atoms with Crippen LogP contribution in [0, 0.1) is 0 Å². The van der Waals surface area contributed by atoms with Crippen molar-refractivity contribution in [1.29, 1.82) is 0 Å². The zero-order valence-corrected chi connectivity index (χ0v) is 8.97. The van der Waals surface area contributed by atoms with Gasteiger partial charge in [-0.3, -0.25) is 4.79 Å². The summed E-state index contributed by atoms with van der Waals surface area (Å²) in [5.74, 6) is 0.146. The highest BCUT2D eigenvalue weighted by Gasteiger charge is 2.27. The highest BCUT2D eigenvalue weighted by molar-refractivity contribution is 8.01. The molecule has 2 rings (SSSR count). The zero-order valence-electron chi connectivity index (χ0n) is 8.15. The molecule has 1 amide bonds. The van der Waals surface area contributed by atoms with E-state index in [0.717, 1.165) is 16.3 Å². The third-order valence-corrected chi connectivity index (χ3v) is 3.46. The van der Waals surface area contributed by atoms with Crippen LogP contribution in [0.5, 0.6) is 0 Å². The summed E-state index contributed by atoms with van der Waals surface area (Å²) in [6, 6.07) is 5.63. The van der Waals surface area contributed by atoms with E-state index in [4.69, 9.17) is 5.73 Å². The number of rotatable bonds is 0. The SMILES string of the molecule is CC1Sc2cc(N)ccc2N(C)C1=O. The quantitative estimate of drug-likeness (QED) is 0.660. The number of carbonyl (C=O) groups is 1. The summed E-state index contributed by atoms with van der Waals surface area (Å²) >= 11 is 1.57. The molecule has 1 atom stereocenters. The van der Waals surface area contributed by atoms with Crippen LogP contribution >= 0.6 is 11.8 Å². The minimum Gasteiger partial charge on any atom is -0.399 e. The molecule has 1 aliphatic rings. The fourth-order valence-corrected chi connectivity index (χ4v) is 2.70. The Labute approximate surface area is 87.3 Å². The number of thioether (sulfide) groups is 1. The minimum absolute atomic E-state index is 0.0192. The summed E-state index contributed by atoms with van der Waals surface area (Å²) in [6.45, 7) is 1.91. The molecule has 0 fully saturated rings. The molecule has 0 bridgehead atoms. The van der Waals surface area contributed by atoms with Gasteiger partial charge >= 0.3 is 0 Å². The second-order valence-electron chi connectivity index (χ2n) is 3.38. The van der Waals surface area contributed by atoms with Crippen LogP contribution in [0.4, 0.5) is 11.4 Å². The van der Waals surface area contributed by atoms with E-state index in [1.165, 1.54) is 0 Å². The van der Waals surface area contributed by atoms with E-state index < -0.39 is 0 Å². The van der Waals surface area contributed by atoms with E-state index in [2.05, 4.69) is 0 Å². The van der Waals surface area contributed by atoms with Crippen molar-refractivity contribution in [1.82, 2.24) is 0 Å². The standard InChI is InChI=1S/C10H12N2OS/c1-6-10(13)12(2)8-4-3-7(11)5-9(8)14-6/h3-6H,11H2,1-2H3. The molecule has 3 nitrogen and oxygen atoms in total. The molecule has 2 N–H and O–H groups in total. The van der Waals surface area contributed by atoms with Crippen LogP contribution in [0.3, 0.4) is 0 Å². The Kier molecular flexibility index (Phi) is 2.15. The van der Waals surface area contributed by atoms with Gasteiger partial charge in [-0.05, 0) is 25.1 Å². The third-order valence-electron chi connectivity index (χ3n) is 2.33. The Morgan fingerprint density at radius 2 is 2.21 bits per heavy atom. The molecule has 4 heteroatoms. The Morgan fingerprint density at radius 1 is 1.50 bits per heavy atom. The molecule has 1 aromatic carbocycles. The summed E-state index contributed by atoms with van der Waals surface area (Å²) in [6.07, 6.45) is 0. The molecule has 14 heavy (non-hydrogen) atoms. The highest BCUT2D eigenvalue weighted by Crippen LogP contribution is 2.39. The fourth-order valence-electron chi connectivity index (χ4n) is 1.53. The first-order valence-electron chi connectivity index (χ1n) is 4.43. The molecule has 0 saturated heterocycles. The number of carbonyl (C=O) groups excluding carboxylic acids is 1. The van der Waals surface area contributed by atoms with Crippen LogP contribution in [0.1, 0.15) is 6.92 Å². The number of benzene rings is 1. The van der Waals surface area contributed by atoms with Crippen molar-refractivity contribution >= 4 is 29.0 Å². The van der Waals surface area contributed by atoms with Crippen molar-refractivity contribution < 1.29 is 4.79 Å². The summed E-state index contributed by atoms with van der Waals surface area (Å²) in [4.78, 5) is 14.4. The first-order chi connectivity index (χ1) is 6.59. The molecule has 0 saturated carbocycles. The van der Waals surface area contributed by atoms with E-state index >= 15 is 0 Å². The van der Waals surface area contributed by atoms with Crippen molar-refractivity contribution in [3.8, 4) is 0 Å². The average Bonchev–Trinajstić information content (AvgIpc) is 2.14. The largest absolute Gasteiger partial charge is 0.399 e. The molecule has 0 radical (unpaired) electrons. The Hall–Kier alpha value is -1.16. The minimum atomic E-state index is -0.0192. The predicted molar refractivity (Wildman–Crippen MR) is 59.6 cm³/mol. The first-order valence-corrected chi connectivity index (χ1v) is 5.31. The average molecular weight is 208 g/mol. The van der Waals surface area contributed by atoms with Gasteiger partial charge in [0.05, 0.1) is 10.9 Å². The van der Waals surface area contributed by atoms with Crippen LogP contribution in [0.2, 0.25) is 0 Å². The maximum absolute atomic E-state index is 11.6. The van der Waals surface area contributed by atoms with Crippen LogP contribution in [0.15, 0.2) is 23.1 Å². The second-order valence-corrected chi connectivity index (χ2v) is 4.77. The number of hydrogen-bond donors (Lipinski definition) is 1. The van der Waals surface area contributed by atoms with Gasteiger partial charge in [-0.1, -0.05) is 0 Å². The second kappa shape index (κ2) is 3.20. The van der Waals surface area contributed by atoms with E-state index in [9.17, 15) is 4.79 Å². The smallest absolute Gasteiger partial charge is 0.239 e. The lowest BCUT2D eigenvalue weighted by atomic mass is 10.2. The number of nitrogen functional groups attached to an aromatic ring is 1. The van der Waals surface area contributed by atoms with Gasteiger partial charge in [0, 0.05) is 17.6 Å². The fraction of sp³-hybridized carbons (Fsp3) is 0.300. The van der Waals surface area contributed by atoms with E-state index in [1.54, 1.807) is 23.7 Å². The summed E-state index contributed by atoms with van der Waals surface area (Å²) in [5.41, 5.74) is 7.38. The molecular weight excluding hydrogens is 196 g/mol. The van der Waals surface area contributed by atoms with Crippen molar-refractivity contribution in [3.05, 3.63) is 18.2 Å². The maximum atomic E-state index is 11.6. The normalized spacial score (nSPS) is 20.9. The van der Waals surface area contributed by atoms with Crippen molar-refractivity contribution in [3.63, 3.8) is 0 Å². The van der Waals surface area contributed by atoms with Crippen LogP contribution < -0.4 is 10.6 Å². The van der Waals surface area contributed by atoms with Crippen LogP contribution in [-0.4, -0.2) is 18.2 Å². The van der Waals surface area contributed by atoms with Crippen molar-refractivity contribution in [2.45, 2.75) is 17.1 Å². The highest BCUT2D eigenvalue weighted by atomic mass is 32.2. The van der Waals surface area contributed by atoms with Gasteiger partial charge in [-0.15, -0.1) is 11.8 Å². The Balaban J connectivity index is 2.50. The molecule has 1 aromatic rings. The first kappa shape index (κ1) is 9.40. The monoisotopic (exact) mass is 208 g/mol. The number of hydrogen-bond acceptors (Lipinski definition) is 3. The van der Waals surface area contributed by atoms with Crippen LogP contribution in [0.25, 0.3) is 0 Å². The lowest BCUT2D eigenvalue weighted by Crippen LogP contribution is -2.36. The number of nitrogens with zero attached hydrogens (tertiary/aromatic N) is 1. The van der Waals surface area contributed by atoms with Gasteiger partial charge in [0.1, 0.15) is 0 Å². The Bertz CT molecular complexity index is 392. The van der Waals surface area contributed by atoms with E-state index in [1.807, 2.05) is 25.1 Å².